The van der Waals surface area contributed by atoms with Gasteiger partial charge in [-0.25, -0.2) is 0 Å². The average molecular weight is 312 g/mol. The van der Waals surface area contributed by atoms with Crippen molar-refractivity contribution in [1.29, 1.82) is 0 Å². The van der Waals surface area contributed by atoms with Crippen LogP contribution in [-0.4, -0.2) is 52.1 Å². The number of hydrogen-bond acceptors (Lipinski definition) is 3. The molecule has 5 nitrogen and oxygen atoms in total. The Hall–Kier alpha value is -2.14. The Morgan fingerprint density at radius 2 is 1.87 bits per heavy atom. The molecule has 1 aromatic carbocycles. The maximum absolute atomic E-state index is 12.3. The van der Waals surface area contributed by atoms with Crippen LogP contribution < -0.4 is 0 Å². The molecule has 0 aliphatic carbocycles. The molecule has 0 unspecified atom stereocenters. The minimum atomic E-state index is 0.294. The second-order valence-corrected chi connectivity index (χ2v) is 6.08. The Labute approximate surface area is 137 Å². The lowest BCUT2D eigenvalue weighted by Crippen LogP contribution is -2.48. The number of aromatic amines is 1. The third-order valence-electron chi connectivity index (χ3n) is 4.38. The fraction of sp³-hybridized carbons (Fsp3) is 0.444. The molecule has 3 rings (SSSR count). The van der Waals surface area contributed by atoms with Gasteiger partial charge in [-0.15, -0.1) is 0 Å². The van der Waals surface area contributed by atoms with Gasteiger partial charge in [0.05, 0.1) is 0 Å². The van der Waals surface area contributed by atoms with Gasteiger partial charge in [-0.2, -0.15) is 5.10 Å². The number of carbonyl (C=O) groups excluding carboxylic acids is 1. The van der Waals surface area contributed by atoms with Crippen molar-refractivity contribution in [3.63, 3.8) is 0 Å². The zero-order valence-corrected chi connectivity index (χ0v) is 13.4. The summed E-state index contributed by atoms with van der Waals surface area (Å²) in [4.78, 5) is 16.7. The van der Waals surface area contributed by atoms with Crippen LogP contribution in [0.2, 0.25) is 0 Å². The highest BCUT2D eigenvalue weighted by Crippen LogP contribution is 2.10. The molecule has 0 spiro atoms. The van der Waals surface area contributed by atoms with Crippen molar-refractivity contribution in [3.05, 3.63) is 53.9 Å². The Morgan fingerprint density at radius 3 is 2.57 bits per heavy atom. The Bertz CT molecular complexity index is 589. The van der Waals surface area contributed by atoms with E-state index in [9.17, 15) is 4.79 Å². The molecule has 0 radical (unpaired) electrons. The smallest absolute Gasteiger partial charge is 0.222 e. The van der Waals surface area contributed by atoms with Crippen LogP contribution in [0.3, 0.4) is 0 Å². The molecule has 0 atom stereocenters. The van der Waals surface area contributed by atoms with E-state index in [1.54, 1.807) is 6.20 Å². The second-order valence-electron chi connectivity index (χ2n) is 6.08. The van der Waals surface area contributed by atoms with E-state index in [2.05, 4.69) is 39.4 Å². The minimum absolute atomic E-state index is 0.294. The van der Waals surface area contributed by atoms with Gasteiger partial charge in [-0.1, -0.05) is 30.3 Å². The summed E-state index contributed by atoms with van der Waals surface area (Å²) in [5, 5.41) is 6.96. The van der Waals surface area contributed by atoms with E-state index in [0.717, 1.165) is 51.3 Å². The Morgan fingerprint density at radius 1 is 1.09 bits per heavy atom. The number of hydrogen-bond donors (Lipinski definition) is 1. The summed E-state index contributed by atoms with van der Waals surface area (Å²) in [6.07, 6.45) is 4.33. The van der Waals surface area contributed by atoms with Crippen LogP contribution in [0.5, 0.6) is 0 Å². The SMILES string of the molecule is O=C(CCCc1ccccc1)N1CCN(Cc2ccn[nH]2)CC1. The molecule has 0 saturated carbocycles. The van der Waals surface area contributed by atoms with Crippen LogP contribution in [0.15, 0.2) is 42.6 Å². The topological polar surface area (TPSA) is 52.2 Å². The molecular weight excluding hydrogens is 288 g/mol. The molecule has 1 aliphatic heterocycles. The summed E-state index contributed by atoms with van der Waals surface area (Å²) in [6, 6.07) is 12.4. The van der Waals surface area contributed by atoms with Crippen LogP contribution >= 0.6 is 0 Å². The average Bonchev–Trinajstić information content (AvgIpc) is 3.09. The number of aromatic nitrogens is 2. The molecule has 1 aromatic heterocycles. The van der Waals surface area contributed by atoms with E-state index < -0.39 is 0 Å². The summed E-state index contributed by atoms with van der Waals surface area (Å²) >= 11 is 0. The van der Waals surface area contributed by atoms with E-state index in [1.165, 1.54) is 5.56 Å². The van der Waals surface area contributed by atoms with Crippen molar-refractivity contribution in [2.24, 2.45) is 0 Å². The van der Waals surface area contributed by atoms with Gasteiger partial charge in [0, 0.05) is 51.0 Å². The molecule has 23 heavy (non-hydrogen) atoms. The molecule has 1 fully saturated rings. The van der Waals surface area contributed by atoms with Crippen LogP contribution in [0.4, 0.5) is 0 Å². The van der Waals surface area contributed by atoms with Gasteiger partial charge >= 0.3 is 0 Å². The van der Waals surface area contributed by atoms with E-state index >= 15 is 0 Å². The fourth-order valence-corrected chi connectivity index (χ4v) is 3.02. The summed E-state index contributed by atoms with van der Waals surface area (Å²) in [6.45, 7) is 4.42. The van der Waals surface area contributed by atoms with Crippen molar-refractivity contribution in [2.45, 2.75) is 25.8 Å². The molecule has 5 heteroatoms. The maximum Gasteiger partial charge on any atom is 0.222 e. The molecule has 1 aliphatic rings. The molecule has 0 bridgehead atoms. The predicted molar refractivity (Wildman–Crippen MR) is 89.8 cm³/mol. The van der Waals surface area contributed by atoms with Crippen molar-refractivity contribution in [2.75, 3.05) is 26.2 Å². The number of H-pyrrole nitrogens is 1. The van der Waals surface area contributed by atoms with Crippen molar-refractivity contribution in [3.8, 4) is 0 Å². The number of nitrogens with zero attached hydrogens (tertiary/aromatic N) is 3. The summed E-state index contributed by atoms with van der Waals surface area (Å²) < 4.78 is 0. The molecular formula is C18H24N4O. The zero-order valence-electron chi connectivity index (χ0n) is 13.4. The Balaban J connectivity index is 1.36. The molecule has 1 N–H and O–H groups in total. The molecule has 122 valence electrons. The summed E-state index contributed by atoms with van der Waals surface area (Å²) in [7, 11) is 0. The summed E-state index contributed by atoms with van der Waals surface area (Å²) in [5.41, 5.74) is 2.44. The lowest BCUT2D eigenvalue weighted by molar-refractivity contribution is -0.133. The molecule has 2 aromatic rings. The first kappa shape index (κ1) is 15.7. The molecule has 1 amide bonds. The summed E-state index contributed by atoms with van der Waals surface area (Å²) in [5.74, 6) is 0.294. The lowest BCUT2D eigenvalue weighted by atomic mass is 10.1. The second kappa shape index (κ2) is 7.92. The number of nitrogens with one attached hydrogen (secondary N) is 1. The lowest BCUT2D eigenvalue weighted by Gasteiger charge is -2.34. The normalized spacial score (nSPS) is 15.7. The highest BCUT2D eigenvalue weighted by Gasteiger charge is 2.20. The van der Waals surface area contributed by atoms with Crippen molar-refractivity contribution < 1.29 is 4.79 Å². The van der Waals surface area contributed by atoms with Crippen LogP contribution in [0.25, 0.3) is 0 Å². The first-order chi connectivity index (χ1) is 11.3. The third kappa shape index (κ3) is 4.66. The van der Waals surface area contributed by atoms with Gasteiger partial charge < -0.3 is 4.90 Å². The van der Waals surface area contributed by atoms with Gasteiger partial charge in [0.15, 0.2) is 0 Å². The van der Waals surface area contributed by atoms with Gasteiger partial charge in [-0.3, -0.25) is 14.8 Å². The van der Waals surface area contributed by atoms with Crippen LogP contribution in [-0.2, 0) is 17.8 Å². The van der Waals surface area contributed by atoms with E-state index in [1.807, 2.05) is 17.0 Å². The monoisotopic (exact) mass is 312 g/mol. The van der Waals surface area contributed by atoms with Crippen molar-refractivity contribution in [1.82, 2.24) is 20.0 Å². The van der Waals surface area contributed by atoms with Crippen LogP contribution in [0.1, 0.15) is 24.1 Å². The maximum atomic E-state index is 12.3. The standard InChI is InChI=1S/C18H24N4O/c23-18(8-4-7-16-5-2-1-3-6-16)22-13-11-21(12-14-22)15-17-9-10-19-20-17/h1-3,5-6,9-10H,4,7-8,11-15H2,(H,19,20). The molecule has 1 saturated heterocycles. The largest absolute Gasteiger partial charge is 0.340 e. The first-order valence-electron chi connectivity index (χ1n) is 8.33. The van der Waals surface area contributed by atoms with Gasteiger partial charge in [0.1, 0.15) is 0 Å². The number of piperazine rings is 1. The number of amides is 1. The van der Waals surface area contributed by atoms with Gasteiger partial charge in [0.2, 0.25) is 5.91 Å². The van der Waals surface area contributed by atoms with E-state index in [4.69, 9.17) is 0 Å². The number of benzene rings is 1. The van der Waals surface area contributed by atoms with E-state index in [0.29, 0.717) is 12.3 Å². The Kier molecular flexibility index (Phi) is 5.42. The fourth-order valence-electron chi connectivity index (χ4n) is 3.02. The first-order valence-corrected chi connectivity index (χ1v) is 8.33. The highest BCUT2D eigenvalue weighted by molar-refractivity contribution is 5.76. The predicted octanol–water partition coefficient (Wildman–Crippen LogP) is 2.08. The van der Waals surface area contributed by atoms with Crippen LogP contribution in [0, 0.1) is 0 Å². The van der Waals surface area contributed by atoms with Gasteiger partial charge in [-0.05, 0) is 24.5 Å². The zero-order chi connectivity index (χ0) is 15.9. The number of aryl methyl sites for hydroxylation is 1. The van der Waals surface area contributed by atoms with E-state index in [-0.39, 0.29) is 0 Å². The van der Waals surface area contributed by atoms with Crippen molar-refractivity contribution >= 4 is 5.91 Å². The highest BCUT2D eigenvalue weighted by atomic mass is 16.2. The molecule has 2 heterocycles. The number of carbonyl (C=O) groups is 1. The quantitative estimate of drug-likeness (QED) is 0.888. The number of rotatable bonds is 6. The van der Waals surface area contributed by atoms with Gasteiger partial charge in [0.25, 0.3) is 0 Å². The third-order valence-corrected chi connectivity index (χ3v) is 4.38. The minimum Gasteiger partial charge on any atom is -0.340 e.